The zero-order chi connectivity index (χ0) is 21.8. The average molecular weight is 427 g/mol. The molecule has 0 unspecified atom stereocenters. The van der Waals surface area contributed by atoms with Gasteiger partial charge in [-0.05, 0) is 55.7 Å². The van der Waals surface area contributed by atoms with E-state index >= 15 is 0 Å². The number of esters is 1. The van der Waals surface area contributed by atoms with Gasteiger partial charge in [-0.2, -0.15) is 0 Å². The van der Waals surface area contributed by atoms with E-state index in [-0.39, 0.29) is 22.0 Å². The smallest absolute Gasteiger partial charge is 0.338 e. The van der Waals surface area contributed by atoms with Crippen LogP contribution in [0.1, 0.15) is 41.3 Å². The van der Waals surface area contributed by atoms with Gasteiger partial charge in [-0.15, -0.1) is 0 Å². The van der Waals surface area contributed by atoms with E-state index in [9.17, 15) is 14.4 Å². The number of ether oxygens (including phenoxy) is 1. The number of benzene rings is 2. The predicted molar refractivity (Wildman–Crippen MR) is 117 cm³/mol. The Morgan fingerprint density at radius 1 is 1.10 bits per heavy atom. The number of hydrogen-bond donors (Lipinski definition) is 1. The number of halogens is 1. The molecule has 2 aromatic carbocycles. The molecule has 2 aromatic rings. The highest BCUT2D eigenvalue weighted by molar-refractivity contribution is 6.53. The van der Waals surface area contributed by atoms with Crippen LogP contribution in [0.3, 0.4) is 0 Å². The Hall–Kier alpha value is -3.12. The first-order valence-electron chi connectivity index (χ1n) is 9.73. The lowest BCUT2D eigenvalue weighted by Crippen LogP contribution is -2.32. The highest BCUT2D eigenvalue weighted by atomic mass is 35.5. The van der Waals surface area contributed by atoms with Crippen molar-refractivity contribution in [1.82, 2.24) is 0 Å². The molecule has 0 aliphatic carbocycles. The van der Waals surface area contributed by atoms with Gasteiger partial charge in [0, 0.05) is 5.69 Å². The molecule has 1 aliphatic rings. The molecule has 0 saturated heterocycles. The minimum absolute atomic E-state index is 0.00583. The summed E-state index contributed by atoms with van der Waals surface area (Å²) in [4.78, 5) is 38.9. The van der Waals surface area contributed by atoms with Crippen LogP contribution in [0.5, 0.6) is 0 Å². The third-order valence-electron chi connectivity index (χ3n) is 4.75. The summed E-state index contributed by atoms with van der Waals surface area (Å²) < 4.78 is 5.21. The Morgan fingerprint density at radius 3 is 2.60 bits per heavy atom. The van der Waals surface area contributed by atoms with E-state index in [0.29, 0.717) is 12.3 Å². The Morgan fingerprint density at radius 2 is 1.87 bits per heavy atom. The maximum Gasteiger partial charge on any atom is 0.338 e. The molecule has 1 aliphatic heterocycles. The van der Waals surface area contributed by atoms with Gasteiger partial charge >= 0.3 is 5.97 Å². The zero-order valence-electron chi connectivity index (χ0n) is 17.1. The van der Waals surface area contributed by atoms with Crippen LogP contribution < -0.4 is 10.2 Å². The number of rotatable bonds is 7. The highest BCUT2D eigenvalue weighted by Gasteiger charge is 2.39. The second-order valence-electron chi connectivity index (χ2n) is 7.12. The number of nitrogens with one attached hydrogen (secondary N) is 1. The van der Waals surface area contributed by atoms with Gasteiger partial charge in [0.15, 0.2) is 0 Å². The zero-order valence-corrected chi connectivity index (χ0v) is 17.9. The number of anilines is 2. The van der Waals surface area contributed by atoms with Gasteiger partial charge in [0.1, 0.15) is 10.7 Å². The molecule has 2 amide bonds. The molecular weight excluding hydrogens is 404 g/mol. The van der Waals surface area contributed by atoms with Gasteiger partial charge in [-0.1, -0.05) is 43.1 Å². The summed E-state index contributed by atoms with van der Waals surface area (Å²) in [5, 5.41) is 2.80. The van der Waals surface area contributed by atoms with Crippen LogP contribution in [0.2, 0.25) is 0 Å². The number of amides is 2. The fourth-order valence-electron chi connectivity index (χ4n) is 3.02. The van der Waals surface area contributed by atoms with Crippen LogP contribution in [0.4, 0.5) is 11.4 Å². The summed E-state index contributed by atoms with van der Waals surface area (Å²) in [6.07, 6.45) is 1.67. The van der Waals surface area contributed by atoms with E-state index in [4.69, 9.17) is 16.3 Å². The van der Waals surface area contributed by atoms with Crippen molar-refractivity contribution in [2.75, 3.05) is 16.8 Å². The summed E-state index contributed by atoms with van der Waals surface area (Å²) in [5.41, 5.74) is 3.13. The normalized spacial score (nSPS) is 13.8. The van der Waals surface area contributed by atoms with Crippen molar-refractivity contribution >= 4 is 40.8 Å². The molecule has 0 saturated carbocycles. The number of unbranched alkanes of at least 4 members (excludes halogenated alkanes) is 1. The summed E-state index contributed by atoms with van der Waals surface area (Å²) >= 11 is 6.21. The second-order valence-corrected chi connectivity index (χ2v) is 7.50. The minimum atomic E-state index is -0.647. The van der Waals surface area contributed by atoms with Gasteiger partial charge in [0.2, 0.25) is 0 Å². The molecule has 30 heavy (non-hydrogen) atoms. The Labute approximate surface area is 180 Å². The lowest BCUT2D eigenvalue weighted by Gasteiger charge is -2.16. The number of hydrogen-bond acceptors (Lipinski definition) is 5. The SMILES string of the molecule is CCCCOC(=O)c1cccc(N2C(=O)C(Cl)=C(Nc3cc(C)ccc3C)C2=O)c1. The van der Waals surface area contributed by atoms with E-state index < -0.39 is 17.8 Å². The minimum Gasteiger partial charge on any atom is -0.462 e. The molecule has 0 atom stereocenters. The maximum absolute atomic E-state index is 13.0. The van der Waals surface area contributed by atoms with Gasteiger partial charge in [0.05, 0.1) is 17.9 Å². The lowest BCUT2D eigenvalue weighted by atomic mass is 10.1. The van der Waals surface area contributed by atoms with Crippen LogP contribution in [-0.2, 0) is 14.3 Å². The van der Waals surface area contributed by atoms with E-state index in [0.717, 1.165) is 28.9 Å². The molecule has 0 spiro atoms. The van der Waals surface area contributed by atoms with Crippen LogP contribution in [-0.4, -0.2) is 24.4 Å². The number of carbonyl (C=O) groups excluding carboxylic acids is 3. The van der Waals surface area contributed by atoms with Gasteiger partial charge < -0.3 is 10.1 Å². The fraction of sp³-hybridized carbons (Fsp3) is 0.261. The van der Waals surface area contributed by atoms with Crippen molar-refractivity contribution in [2.24, 2.45) is 0 Å². The largest absolute Gasteiger partial charge is 0.462 e. The third-order valence-corrected chi connectivity index (χ3v) is 5.10. The molecule has 3 rings (SSSR count). The summed E-state index contributed by atoms with van der Waals surface area (Å²) in [6.45, 7) is 6.14. The standard InChI is InChI=1S/C23H23ClN2O4/c1-4-5-11-30-23(29)16-7-6-8-17(13-16)26-21(27)19(24)20(22(26)28)25-18-12-14(2)9-10-15(18)3/h6-10,12-13,25H,4-5,11H2,1-3H3. The van der Waals surface area contributed by atoms with E-state index in [1.807, 2.05) is 39.0 Å². The average Bonchev–Trinajstić information content (AvgIpc) is 2.94. The Bertz CT molecular complexity index is 1050. The van der Waals surface area contributed by atoms with Crippen molar-refractivity contribution in [1.29, 1.82) is 0 Å². The highest BCUT2D eigenvalue weighted by Crippen LogP contribution is 2.31. The first-order valence-corrected chi connectivity index (χ1v) is 10.1. The van der Waals surface area contributed by atoms with Gasteiger partial charge in [-0.3, -0.25) is 9.59 Å². The molecule has 0 radical (unpaired) electrons. The molecule has 0 aromatic heterocycles. The summed E-state index contributed by atoms with van der Waals surface area (Å²) in [5.74, 6) is -1.73. The van der Waals surface area contributed by atoms with Gasteiger partial charge in [-0.25, -0.2) is 9.69 Å². The van der Waals surface area contributed by atoms with E-state index in [2.05, 4.69) is 5.32 Å². The molecule has 156 valence electrons. The first-order chi connectivity index (χ1) is 14.3. The molecule has 6 nitrogen and oxygen atoms in total. The van der Waals surface area contributed by atoms with E-state index in [1.54, 1.807) is 18.2 Å². The molecule has 0 fully saturated rings. The van der Waals surface area contributed by atoms with Crippen molar-refractivity contribution in [3.63, 3.8) is 0 Å². The van der Waals surface area contributed by atoms with Crippen molar-refractivity contribution in [3.05, 3.63) is 69.9 Å². The van der Waals surface area contributed by atoms with Crippen LogP contribution in [0, 0.1) is 13.8 Å². The molecule has 1 heterocycles. The quantitative estimate of drug-likeness (QED) is 0.394. The second kappa shape index (κ2) is 9.13. The monoisotopic (exact) mass is 426 g/mol. The molecule has 1 N–H and O–H groups in total. The van der Waals surface area contributed by atoms with E-state index in [1.165, 1.54) is 6.07 Å². The van der Waals surface area contributed by atoms with Crippen LogP contribution in [0.25, 0.3) is 0 Å². The Balaban J connectivity index is 1.84. The number of carbonyl (C=O) groups is 3. The Kier molecular flexibility index (Phi) is 6.57. The van der Waals surface area contributed by atoms with Crippen molar-refractivity contribution < 1.29 is 19.1 Å². The van der Waals surface area contributed by atoms with Crippen molar-refractivity contribution in [2.45, 2.75) is 33.6 Å². The van der Waals surface area contributed by atoms with Crippen molar-refractivity contribution in [3.8, 4) is 0 Å². The lowest BCUT2D eigenvalue weighted by molar-refractivity contribution is -0.120. The van der Waals surface area contributed by atoms with Crippen LogP contribution in [0.15, 0.2) is 53.2 Å². The summed E-state index contributed by atoms with van der Waals surface area (Å²) in [7, 11) is 0. The number of imide groups is 1. The van der Waals surface area contributed by atoms with Gasteiger partial charge in [0.25, 0.3) is 11.8 Å². The number of aryl methyl sites for hydroxylation is 2. The number of nitrogens with zero attached hydrogens (tertiary/aromatic N) is 1. The summed E-state index contributed by atoms with van der Waals surface area (Å²) in [6, 6.07) is 11.9. The topological polar surface area (TPSA) is 75.7 Å². The molecule has 7 heteroatoms. The third kappa shape index (κ3) is 4.39. The molecular formula is C23H23ClN2O4. The van der Waals surface area contributed by atoms with Crippen LogP contribution >= 0.6 is 11.6 Å². The predicted octanol–water partition coefficient (Wildman–Crippen LogP) is 4.70. The first kappa shape index (κ1) is 21.6. The maximum atomic E-state index is 13.0. The fourth-order valence-corrected chi connectivity index (χ4v) is 3.23. The molecule has 0 bridgehead atoms.